The van der Waals surface area contributed by atoms with Crippen LogP contribution >= 0.6 is 0 Å². The minimum atomic E-state index is -0.838. The summed E-state index contributed by atoms with van der Waals surface area (Å²) in [7, 11) is 0. The Morgan fingerprint density at radius 3 is 2.66 bits per heavy atom. The highest BCUT2D eigenvalue weighted by molar-refractivity contribution is 6.05. The third-order valence-corrected chi connectivity index (χ3v) is 5.91. The molecule has 0 bridgehead atoms. The van der Waals surface area contributed by atoms with Gasteiger partial charge in [0.15, 0.2) is 0 Å². The predicted octanol–water partition coefficient (Wildman–Crippen LogP) is 2.89. The fourth-order valence-corrected chi connectivity index (χ4v) is 4.35. The number of aromatic nitrogens is 1. The van der Waals surface area contributed by atoms with Gasteiger partial charge in [0.05, 0.1) is 16.9 Å². The molecule has 2 amide bonds. The lowest BCUT2D eigenvalue weighted by molar-refractivity contribution is 0.0879. The number of nitrogens with two attached hydrogens (primary N) is 1. The lowest BCUT2D eigenvalue weighted by Gasteiger charge is -2.39. The van der Waals surface area contributed by atoms with Gasteiger partial charge >= 0.3 is 6.09 Å². The maximum absolute atomic E-state index is 12.5. The Balaban J connectivity index is 1.41. The van der Waals surface area contributed by atoms with E-state index < -0.39 is 6.09 Å². The quantitative estimate of drug-likeness (QED) is 0.689. The normalized spacial score (nSPS) is 21.4. The van der Waals surface area contributed by atoms with Gasteiger partial charge in [0.2, 0.25) is 0 Å². The Morgan fingerprint density at radius 2 is 1.93 bits per heavy atom. The number of nitrogen functional groups attached to an aromatic ring is 1. The van der Waals surface area contributed by atoms with Crippen molar-refractivity contribution in [2.45, 2.75) is 19.3 Å². The molecule has 4 N–H and O–H groups in total. The number of hydrogen-bond donors (Lipinski definition) is 3. The minimum absolute atomic E-state index is 0.000791. The van der Waals surface area contributed by atoms with Gasteiger partial charge in [-0.1, -0.05) is 12.1 Å². The standard InChI is InChI=1S/C21H25N5O3/c22-16-4-1-2-5-17(16)24-19(27)15-6-7-18(23-12-15)25-11-9-21(13-25)8-3-10-26(14-21)20(28)29/h1-2,4-7,12H,3,8-11,13-14,22H2,(H,24,27)(H,28,29). The zero-order valence-corrected chi connectivity index (χ0v) is 16.2. The molecule has 4 rings (SSSR count). The van der Waals surface area contributed by atoms with Crippen molar-refractivity contribution < 1.29 is 14.7 Å². The van der Waals surface area contributed by atoms with Crippen LogP contribution in [-0.2, 0) is 0 Å². The van der Waals surface area contributed by atoms with Crippen molar-refractivity contribution in [1.82, 2.24) is 9.88 Å². The molecule has 1 spiro atoms. The number of benzene rings is 1. The third kappa shape index (κ3) is 3.96. The number of para-hydroxylation sites is 2. The third-order valence-electron chi connectivity index (χ3n) is 5.91. The molecule has 29 heavy (non-hydrogen) atoms. The summed E-state index contributed by atoms with van der Waals surface area (Å²) in [5.74, 6) is 0.550. The maximum Gasteiger partial charge on any atom is 0.407 e. The number of carbonyl (C=O) groups is 2. The van der Waals surface area contributed by atoms with Crippen molar-refractivity contribution in [3.05, 3.63) is 48.2 Å². The predicted molar refractivity (Wildman–Crippen MR) is 111 cm³/mol. The molecule has 2 aliphatic heterocycles. The van der Waals surface area contributed by atoms with E-state index in [2.05, 4.69) is 15.2 Å². The average Bonchev–Trinajstić information content (AvgIpc) is 3.13. The molecular formula is C21H25N5O3. The van der Waals surface area contributed by atoms with Gasteiger partial charge < -0.3 is 26.0 Å². The summed E-state index contributed by atoms with van der Waals surface area (Å²) in [5, 5.41) is 12.1. The van der Waals surface area contributed by atoms with Crippen LogP contribution in [0.4, 0.5) is 22.0 Å². The lowest BCUT2D eigenvalue weighted by atomic mass is 9.79. The Morgan fingerprint density at radius 1 is 1.10 bits per heavy atom. The van der Waals surface area contributed by atoms with Gasteiger partial charge in [-0.05, 0) is 43.5 Å². The second kappa shape index (κ2) is 7.62. The molecule has 1 aromatic heterocycles. The smallest absolute Gasteiger partial charge is 0.407 e. The van der Waals surface area contributed by atoms with E-state index in [1.807, 2.05) is 18.2 Å². The van der Waals surface area contributed by atoms with E-state index in [1.54, 1.807) is 24.4 Å². The number of piperidine rings is 1. The summed E-state index contributed by atoms with van der Waals surface area (Å²) in [6.45, 7) is 2.82. The number of carbonyl (C=O) groups excluding carboxylic acids is 1. The van der Waals surface area contributed by atoms with Crippen LogP contribution in [0.25, 0.3) is 0 Å². The van der Waals surface area contributed by atoms with Crippen LogP contribution in [0.5, 0.6) is 0 Å². The van der Waals surface area contributed by atoms with Crippen LogP contribution in [0.15, 0.2) is 42.6 Å². The van der Waals surface area contributed by atoms with Gasteiger partial charge in [0, 0.05) is 37.8 Å². The zero-order chi connectivity index (χ0) is 20.4. The van der Waals surface area contributed by atoms with Gasteiger partial charge in [0.1, 0.15) is 5.82 Å². The Hall–Kier alpha value is -3.29. The molecule has 8 heteroatoms. The number of anilines is 3. The highest BCUT2D eigenvalue weighted by Gasteiger charge is 2.42. The van der Waals surface area contributed by atoms with E-state index >= 15 is 0 Å². The first-order valence-electron chi connectivity index (χ1n) is 9.81. The Bertz CT molecular complexity index is 917. The molecule has 1 atom stereocenters. The SMILES string of the molecule is Nc1ccccc1NC(=O)c1ccc(N2CCC3(CCCN(C(=O)O)C3)C2)nc1. The zero-order valence-electron chi connectivity index (χ0n) is 16.2. The molecule has 2 aliphatic rings. The number of carboxylic acid groups (broad SMARTS) is 1. The molecule has 3 heterocycles. The van der Waals surface area contributed by atoms with Crippen molar-refractivity contribution >= 4 is 29.2 Å². The number of amides is 2. The van der Waals surface area contributed by atoms with Crippen LogP contribution < -0.4 is 16.0 Å². The van der Waals surface area contributed by atoms with Crippen molar-refractivity contribution in [3.8, 4) is 0 Å². The number of pyridine rings is 1. The van der Waals surface area contributed by atoms with Crippen molar-refractivity contribution in [1.29, 1.82) is 0 Å². The highest BCUT2D eigenvalue weighted by Crippen LogP contribution is 2.40. The van der Waals surface area contributed by atoms with Gasteiger partial charge in [-0.15, -0.1) is 0 Å². The number of nitrogens with zero attached hydrogens (tertiary/aromatic N) is 3. The average molecular weight is 395 g/mol. The Kier molecular flexibility index (Phi) is 5.00. The van der Waals surface area contributed by atoms with Crippen LogP contribution in [0.2, 0.25) is 0 Å². The summed E-state index contributed by atoms with van der Waals surface area (Å²) in [5.41, 5.74) is 7.41. The Labute approximate surface area is 169 Å². The molecule has 2 saturated heterocycles. The maximum atomic E-state index is 12.5. The first kappa shape index (κ1) is 19.0. The molecule has 0 aliphatic carbocycles. The van der Waals surface area contributed by atoms with Gasteiger partial charge in [0.25, 0.3) is 5.91 Å². The molecule has 152 valence electrons. The molecule has 0 radical (unpaired) electrons. The van der Waals surface area contributed by atoms with Crippen molar-refractivity contribution in [2.75, 3.05) is 42.1 Å². The molecule has 1 aromatic carbocycles. The monoisotopic (exact) mass is 395 g/mol. The topological polar surface area (TPSA) is 112 Å². The fourth-order valence-electron chi connectivity index (χ4n) is 4.35. The van der Waals surface area contributed by atoms with Crippen LogP contribution in [-0.4, -0.2) is 53.2 Å². The summed E-state index contributed by atoms with van der Waals surface area (Å²) >= 11 is 0. The second-order valence-electron chi connectivity index (χ2n) is 7.93. The summed E-state index contributed by atoms with van der Waals surface area (Å²) in [6.07, 6.45) is 3.62. The summed E-state index contributed by atoms with van der Waals surface area (Å²) in [4.78, 5) is 32.0. The van der Waals surface area contributed by atoms with E-state index in [4.69, 9.17) is 5.73 Å². The second-order valence-corrected chi connectivity index (χ2v) is 7.93. The van der Waals surface area contributed by atoms with Crippen molar-refractivity contribution in [2.24, 2.45) is 5.41 Å². The molecule has 0 saturated carbocycles. The summed E-state index contributed by atoms with van der Waals surface area (Å²) < 4.78 is 0. The van der Waals surface area contributed by atoms with E-state index in [9.17, 15) is 14.7 Å². The largest absolute Gasteiger partial charge is 0.465 e. The number of nitrogens with one attached hydrogen (secondary N) is 1. The number of hydrogen-bond acceptors (Lipinski definition) is 5. The summed E-state index contributed by atoms with van der Waals surface area (Å²) in [6, 6.07) is 10.7. The van der Waals surface area contributed by atoms with E-state index in [0.717, 1.165) is 38.2 Å². The van der Waals surface area contributed by atoms with Gasteiger partial charge in [-0.25, -0.2) is 9.78 Å². The van der Waals surface area contributed by atoms with Gasteiger partial charge in [-0.2, -0.15) is 0 Å². The molecule has 8 nitrogen and oxygen atoms in total. The molecule has 2 fully saturated rings. The lowest BCUT2D eigenvalue weighted by Crippen LogP contribution is -2.46. The first-order chi connectivity index (χ1) is 14.0. The van der Waals surface area contributed by atoms with Crippen LogP contribution in [0, 0.1) is 5.41 Å². The van der Waals surface area contributed by atoms with Crippen LogP contribution in [0.1, 0.15) is 29.6 Å². The fraction of sp³-hybridized carbons (Fsp3) is 0.381. The van der Waals surface area contributed by atoms with Crippen molar-refractivity contribution in [3.63, 3.8) is 0 Å². The van der Waals surface area contributed by atoms with E-state index in [0.29, 0.717) is 30.0 Å². The van der Waals surface area contributed by atoms with Crippen LogP contribution in [0.3, 0.4) is 0 Å². The number of likely N-dealkylation sites (tertiary alicyclic amines) is 1. The molecular weight excluding hydrogens is 370 g/mol. The number of rotatable bonds is 3. The minimum Gasteiger partial charge on any atom is -0.465 e. The highest BCUT2D eigenvalue weighted by atomic mass is 16.4. The van der Waals surface area contributed by atoms with E-state index in [-0.39, 0.29) is 11.3 Å². The molecule has 1 unspecified atom stereocenters. The first-order valence-corrected chi connectivity index (χ1v) is 9.81. The van der Waals surface area contributed by atoms with Gasteiger partial charge in [-0.3, -0.25) is 4.79 Å². The molecule has 2 aromatic rings. The van der Waals surface area contributed by atoms with E-state index in [1.165, 1.54) is 4.90 Å².